The Kier molecular flexibility index (Phi) is 6.82. The molecular formula is C21H21NO4S. The smallest absolute Gasteiger partial charge is 0.287 e. The second kappa shape index (κ2) is 9.73. The molecule has 0 saturated carbocycles. The summed E-state index contributed by atoms with van der Waals surface area (Å²) in [4.78, 5) is 13.4. The van der Waals surface area contributed by atoms with Gasteiger partial charge in [-0.05, 0) is 36.4 Å². The van der Waals surface area contributed by atoms with Gasteiger partial charge in [-0.15, -0.1) is 11.8 Å². The van der Waals surface area contributed by atoms with Crippen LogP contribution in [0.2, 0.25) is 0 Å². The molecule has 0 spiro atoms. The number of carbonyl (C=O) groups is 1. The van der Waals surface area contributed by atoms with Crippen molar-refractivity contribution in [2.45, 2.75) is 11.5 Å². The minimum atomic E-state index is -0.229. The summed E-state index contributed by atoms with van der Waals surface area (Å²) in [5.74, 6) is 2.69. The van der Waals surface area contributed by atoms with Crippen molar-refractivity contribution in [3.05, 3.63) is 78.3 Å². The fraction of sp³-hybridized carbons (Fsp3) is 0.190. The van der Waals surface area contributed by atoms with Gasteiger partial charge in [-0.3, -0.25) is 4.79 Å². The molecule has 0 saturated heterocycles. The number of amides is 1. The largest absolute Gasteiger partial charge is 0.493 e. The first kappa shape index (κ1) is 18.9. The standard InChI is InChI=1S/C21H21NO4S/c1-24-18-9-5-6-10-19(18)25-15-16-11-12-20(26-16)21(23)22-13-14-27-17-7-3-2-4-8-17/h2-12H,13-15H2,1H3,(H,22,23). The molecule has 3 aromatic rings. The van der Waals surface area contributed by atoms with Gasteiger partial charge in [0.15, 0.2) is 17.3 Å². The molecule has 2 aromatic carbocycles. The molecule has 0 aliphatic carbocycles. The molecule has 1 heterocycles. The van der Waals surface area contributed by atoms with Crippen molar-refractivity contribution in [1.82, 2.24) is 5.32 Å². The highest BCUT2D eigenvalue weighted by Crippen LogP contribution is 2.26. The van der Waals surface area contributed by atoms with Crippen LogP contribution in [0.25, 0.3) is 0 Å². The van der Waals surface area contributed by atoms with Crippen LogP contribution >= 0.6 is 11.8 Å². The highest BCUT2D eigenvalue weighted by Gasteiger charge is 2.12. The molecule has 0 aliphatic rings. The number of thioether (sulfide) groups is 1. The van der Waals surface area contributed by atoms with Crippen molar-refractivity contribution in [3.8, 4) is 11.5 Å². The van der Waals surface area contributed by atoms with Crippen molar-refractivity contribution in [3.63, 3.8) is 0 Å². The van der Waals surface area contributed by atoms with E-state index < -0.39 is 0 Å². The molecule has 0 atom stereocenters. The van der Waals surface area contributed by atoms with Gasteiger partial charge < -0.3 is 19.2 Å². The summed E-state index contributed by atoms with van der Waals surface area (Å²) < 4.78 is 16.5. The SMILES string of the molecule is COc1ccccc1OCc1ccc(C(=O)NCCSc2ccccc2)o1. The lowest BCUT2D eigenvalue weighted by Crippen LogP contribution is -2.25. The molecule has 1 aromatic heterocycles. The van der Waals surface area contributed by atoms with Gasteiger partial charge in [-0.25, -0.2) is 0 Å². The van der Waals surface area contributed by atoms with Gasteiger partial charge in [0, 0.05) is 17.2 Å². The van der Waals surface area contributed by atoms with Crippen LogP contribution < -0.4 is 14.8 Å². The number of hydrogen-bond acceptors (Lipinski definition) is 5. The quantitative estimate of drug-likeness (QED) is 0.439. The monoisotopic (exact) mass is 383 g/mol. The number of para-hydroxylation sites is 2. The lowest BCUT2D eigenvalue weighted by atomic mass is 10.3. The Morgan fingerprint density at radius 2 is 1.74 bits per heavy atom. The molecule has 3 rings (SSSR count). The maximum atomic E-state index is 12.2. The average Bonchev–Trinajstić information content (AvgIpc) is 3.19. The van der Waals surface area contributed by atoms with Crippen LogP contribution in [0.15, 0.2) is 76.0 Å². The van der Waals surface area contributed by atoms with Gasteiger partial charge in [-0.2, -0.15) is 0 Å². The van der Waals surface area contributed by atoms with Gasteiger partial charge in [0.05, 0.1) is 7.11 Å². The third-order valence-corrected chi connectivity index (χ3v) is 4.74. The molecule has 1 amide bonds. The van der Waals surface area contributed by atoms with Gasteiger partial charge >= 0.3 is 0 Å². The summed E-state index contributed by atoms with van der Waals surface area (Å²) in [6, 6.07) is 20.9. The first-order chi connectivity index (χ1) is 13.3. The predicted octanol–water partition coefficient (Wildman–Crippen LogP) is 4.39. The number of methoxy groups -OCH3 is 1. The lowest BCUT2D eigenvalue weighted by molar-refractivity contribution is 0.0924. The summed E-state index contributed by atoms with van der Waals surface area (Å²) in [5, 5.41) is 2.86. The number of hydrogen-bond donors (Lipinski definition) is 1. The van der Waals surface area contributed by atoms with E-state index in [9.17, 15) is 4.79 Å². The Morgan fingerprint density at radius 3 is 2.52 bits per heavy atom. The minimum Gasteiger partial charge on any atom is -0.493 e. The molecule has 6 heteroatoms. The zero-order chi connectivity index (χ0) is 18.9. The summed E-state index contributed by atoms with van der Waals surface area (Å²) in [6.07, 6.45) is 0. The maximum absolute atomic E-state index is 12.2. The summed E-state index contributed by atoms with van der Waals surface area (Å²) in [6.45, 7) is 0.781. The summed E-state index contributed by atoms with van der Waals surface area (Å²) in [5.41, 5.74) is 0. The molecule has 0 fully saturated rings. The molecule has 1 N–H and O–H groups in total. The van der Waals surface area contributed by atoms with E-state index in [2.05, 4.69) is 5.32 Å². The Bertz CT molecular complexity index is 863. The summed E-state index contributed by atoms with van der Waals surface area (Å²) >= 11 is 1.69. The van der Waals surface area contributed by atoms with Crippen LogP contribution in [0.4, 0.5) is 0 Å². The first-order valence-corrected chi connectivity index (χ1v) is 9.55. The van der Waals surface area contributed by atoms with Crippen molar-refractivity contribution < 1.29 is 18.7 Å². The van der Waals surface area contributed by atoms with Crippen LogP contribution in [0.5, 0.6) is 11.5 Å². The number of carbonyl (C=O) groups excluding carboxylic acids is 1. The molecule has 0 radical (unpaired) electrons. The Morgan fingerprint density at radius 1 is 1.00 bits per heavy atom. The molecule has 0 bridgehead atoms. The highest BCUT2D eigenvalue weighted by atomic mass is 32.2. The molecule has 5 nitrogen and oxygen atoms in total. The van der Waals surface area contributed by atoms with Crippen molar-refractivity contribution in [2.24, 2.45) is 0 Å². The Balaban J connectivity index is 1.44. The van der Waals surface area contributed by atoms with Crippen molar-refractivity contribution >= 4 is 17.7 Å². The average molecular weight is 383 g/mol. The van der Waals surface area contributed by atoms with Crippen molar-refractivity contribution in [2.75, 3.05) is 19.4 Å². The van der Waals surface area contributed by atoms with Crippen LogP contribution in [0.3, 0.4) is 0 Å². The van der Waals surface area contributed by atoms with Crippen LogP contribution in [-0.2, 0) is 6.61 Å². The fourth-order valence-electron chi connectivity index (χ4n) is 2.40. The number of furan rings is 1. The van der Waals surface area contributed by atoms with E-state index in [0.29, 0.717) is 23.8 Å². The van der Waals surface area contributed by atoms with Gasteiger partial charge in [0.1, 0.15) is 12.4 Å². The van der Waals surface area contributed by atoms with Crippen LogP contribution in [0.1, 0.15) is 16.3 Å². The second-order valence-corrected chi connectivity index (χ2v) is 6.79. The van der Waals surface area contributed by atoms with Crippen molar-refractivity contribution in [1.29, 1.82) is 0 Å². The number of nitrogens with one attached hydrogen (secondary N) is 1. The van der Waals surface area contributed by atoms with E-state index in [1.165, 1.54) is 4.90 Å². The predicted molar refractivity (Wildman–Crippen MR) is 106 cm³/mol. The van der Waals surface area contributed by atoms with Gasteiger partial charge in [0.25, 0.3) is 5.91 Å². The lowest BCUT2D eigenvalue weighted by Gasteiger charge is -2.08. The zero-order valence-corrected chi connectivity index (χ0v) is 15.8. The van der Waals surface area contributed by atoms with E-state index in [0.717, 1.165) is 5.75 Å². The molecule has 0 aliphatic heterocycles. The maximum Gasteiger partial charge on any atom is 0.287 e. The number of rotatable bonds is 9. The van der Waals surface area contributed by atoms with Crippen LogP contribution in [0, 0.1) is 0 Å². The first-order valence-electron chi connectivity index (χ1n) is 8.57. The molecule has 140 valence electrons. The van der Waals surface area contributed by atoms with E-state index in [4.69, 9.17) is 13.9 Å². The minimum absolute atomic E-state index is 0.220. The Hall–Kier alpha value is -2.86. The summed E-state index contributed by atoms with van der Waals surface area (Å²) in [7, 11) is 1.59. The highest BCUT2D eigenvalue weighted by molar-refractivity contribution is 7.99. The molecular weight excluding hydrogens is 362 g/mol. The van der Waals surface area contributed by atoms with E-state index in [1.807, 2.05) is 54.6 Å². The molecule has 0 unspecified atom stereocenters. The molecule has 27 heavy (non-hydrogen) atoms. The third-order valence-electron chi connectivity index (χ3n) is 3.72. The van der Waals surface area contributed by atoms with Gasteiger partial charge in [0.2, 0.25) is 0 Å². The Labute approximate surface area is 162 Å². The normalized spacial score (nSPS) is 10.4. The zero-order valence-electron chi connectivity index (χ0n) is 15.0. The van der Waals surface area contributed by atoms with Crippen LogP contribution in [-0.4, -0.2) is 25.3 Å². The topological polar surface area (TPSA) is 60.7 Å². The number of ether oxygens (including phenoxy) is 2. The van der Waals surface area contributed by atoms with E-state index in [1.54, 1.807) is 31.0 Å². The third kappa shape index (κ3) is 5.56. The fourth-order valence-corrected chi connectivity index (χ4v) is 3.19. The van der Waals surface area contributed by atoms with E-state index in [-0.39, 0.29) is 18.3 Å². The second-order valence-electron chi connectivity index (χ2n) is 5.62. The number of benzene rings is 2. The van der Waals surface area contributed by atoms with Gasteiger partial charge in [-0.1, -0.05) is 30.3 Å². The van der Waals surface area contributed by atoms with E-state index >= 15 is 0 Å².